The molecule has 0 aromatic carbocycles. The molecule has 0 unspecified atom stereocenters. The summed E-state index contributed by atoms with van der Waals surface area (Å²) in [6.45, 7) is 9.32. The summed E-state index contributed by atoms with van der Waals surface area (Å²) in [7, 11) is 0. The maximum atomic E-state index is 11.2. The van der Waals surface area contributed by atoms with Crippen molar-refractivity contribution in [1.29, 1.82) is 0 Å². The molecule has 0 radical (unpaired) electrons. The molecule has 68 valence electrons. The molecule has 0 bridgehead atoms. The number of hydrogen-bond donors (Lipinski definition) is 0. The summed E-state index contributed by atoms with van der Waals surface area (Å²) in [5, 5.41) is 0. The summed E-state index contributed by atoms with van der Waals surface area (Å²) in [6.07, 6.45) is 2.43. The summed E-state index contributed by atoms with van der Waals surface area (Å²) < 4.78 is 4.97. The van der Waals surface area contributed by atoms with Gasteiger partial charge in [-0.05, 0) is 26.8 Å². The molecule has 0 aliphatic carbocycles. The second-order valence-electron chi connectivity index (χ2n) is 3.58. The summed E-state index contributed by atoms with van der Waals surface area (Å²) >= 11 is 0. The van der Waals surface area contributed by atoms with E-state index in [4.69, 9.17) is 4.74 Å². The molecule has 0 fully saturated rings. The van der Waals surface area contributed by atoms with Crippen LogP contribution in [-0.4, -0.2) is 12.6 Å². The van der Waals surface area contributed by atoms with Gasteiger partial charge in [0.25, 0.3) is 0 Å². The summed E-state index contributed by atoms with van der Waals surface area (Å²) in [5.41, 5.74) is 2.21. The van der Waals surface area contributed by atoms with E-state index in [1.807, 2.05) is 20.8 Å². The Balaban J connectivity index is 3.65. The molecule has 0 aliphatic rings. The second kappa shape index (κ2) is 4.78. The van der Waals surface area contributed by atoms with Crippen molar-refractivity contribution in [3.05, 3.63) is 18.4 Å². The molecular formula is C10H16O2. The Labute approximate surface area is 73.9 Å². The molecule has 0 aliphatic heterocycles. The zero-order valence-corrected chi connectivity index (χ0v) is 8.02. The number of rotatable bonds is 3. The molecule has 0 atom stereocenters. The van der Waals surface area contributed by atoms with Crippen LogP contribution in [0.1, 0.15) is 27.2 Å². The first-order valence-electron chi connectivity index (χ1n) is 4.00. The van der Waals surface area contributed by atoms with Crippen molar-refractivity contribution in [3.8, 4) is 0 Å². The van der Waals surface area contributed by atoms with Gasteiger partial charge in [0.15, 0.2) is 0 Å². The Bertz CT molecular complexity index is 192. The molecule has 0 saturated carbocycles. The fraction of sp³-hybridized carbons (Fsp3) is 0.600. The number of carbonyl (C=O) groups is 1. The van der Waals surface area contributed by atoms with Gasteiger partial charge in [0.05, 0.1) is 12.0 Å². The fourth-order valence-corrected chi connectivity index (χ4v) is 0.529. The number of hydrogen-bond acceptors (Lipinski definition) is 2. The Kier molecular flexibility index (Phi) is 4.38. The van der Waals surface area contributed by atoms with Gasteiger partial charge in [0.2, 0.25) is 0 Å². The van der Waals surface area contributed by atoms with Crippen molar-refractivity contribution < 1.29 is 9.53 Å². The standard InChI is InChI=1S/C10H16O2/c1-5-6-7-8-12-9(11)10(2,3)4/h6H,1,7-8H2,2-4H3. The second-order valence-corrected chi connectivity index (χ2v) is 3.58. The van der Waals surface area contributed by atoms with E-state index in [-0.39, 0.29) is 5.97 Å². The molecule has 12 heavy (non-hydrogen) atoms. The van der Waals surface area contributed by atoms with Crippen molar-refractivity contribution >= 4 is 5.97 Å². The van der Waals surface area contributed by atoms with Gasteiger partial charge < -0.3 is 4.74 Å². The third-order valence-electron chi connectivity index (χ3n) is 1.25. The Morgan fingerprint density at radius 2 is 2.17 bits per heavy atom. The molecule has 0 aromatic rings. The number of esters is 1. The van der Waals surface area contributed by atoms with E-state index in [1.54, 1.807) is 6.08 Å². The van der Waals surface area contributed by atoms with Gasteiger partial charge in [-0.2, -0.15) is 0 Å². The van der Waals surface area contributed by atoms with Crippen molar-refractivity contribution in [2.24, 2.45) is 5.41 Å². The Morgan fingerprint density at radius 1 is 1.58 bits per heavy atom. The van der Waals surface area contributed by atoms with Crippen LogP contribution < -0.4 is 0 Å². The third-order valence-corrected chi connectivity index (χ3v) is 1.25. The SMILES string of the molecule is C=C=CCCOC(=O)C(C)(C)C. The lowest BCUT2D eigenvalue weighted by molar-refractivity contribution is -0.152. The molecule has 0 rings (SSSR count). The average Bonchev–Trinajstić information content (AvgIpc) is 1.96. The highest BCUT2D eigenvalue weighted by molar-refractivity contribution is 5.75. The molecule has 0 spiro atoms. The van der Waals surface area contributed by atoms with Crippen molar-refractivity contribution in [2.45, 2.75) is 27.2 Å². The summed E-state index contributed by atoms with van der Waals surface area (Å²) in [4.78, 5) is 11.2. The lowest BCUT2D eigenvalue weighted by Gasteiger charge is -2.15. The van der Waals surface area contributed by atoms with Gasteiger partial charge in [-0.3, -0.25) is 4.79 Å². The summed E-state index contributed by atoms with van der Waals surface area (Å²) in [5.74, 6) is -0.167. The van der Waals surface area contributed by atoms with Crippen LogP contribution in [0, 0.1) is 5.41 Å². The molecule has 0 heterocycles. The lowest BCUT2D eigenvalue weighted by Crippen LogP contribution is -2.23. The van der Waals surface area contributed by atoms with E-state index in [1.165, 1.54) is 0 Å². The van der Waals surface area contributed by atoms with Crippen LogP contribution in [0.3, 0.4) is 0 Å². The molecule has 0 aromatic heterocycles. The van der Waals surface area contributed by atoms with Crippen LogP contribution in [0.15, 0.2) is 18.4 Å². The zero-order chi connectivity index (χ0) is 9.61. The molecule has 0 N–H and O–H groups in total. The predicted molar refractivity (Wildman–Crippen MR) is 48.7 cm³/mol. The molecule has 0 amide bonds. The Hall–Kier alpha value is -1.01. The van der Waals surface area contributed by atoms with Crippen molar-refractivity contribution in [1.82, 2.24) is 0 Å². The number of ether oxygens (including phenoxy) is 1. The lowest BCUT2D eigenvalue weighted by atomic mass is 9.97. The third kappa shape index (κ3) is 4.75. The van der Waals surface area contributed by atoms with Crippen LogP contribution in [0.4, 0.5) is 0 Å². The number of carbonyl (C=O) groups excluding carboxylic acids is 1. The first-order chi connectivity index (χ1) is 5.48. The smallest absolute Gasteiger partial charge is 0.311 e. The topological polar surface area (TPSA) is 26.3 Å². The van der Waals surface area contributed by atoms with Gasteiger partial charge in [-0.15, -0.1) is 5.73 Å². The normalized spacial score (nSPS) is 10.2. The molecule has 0 saturated heterocycles. The van der Waals surface area contributed by atoms with E-state index < -0.39 is 5.41 Å². The average molecular weight is 168 g/mol. The van der Waals surface area contributed by atoms with Crippen molar-refractivity contribution in [3.63, 3.8) is 0 Å². The molecule has 2 nitrogen and oxygen atoms in total. The maximum Gasteiger partial charge on any atom is 0.311 e. The largest absolute Gasteiger partial charge is 0.465 e. The monoisotopic (exact) mass is 168 g/mol. The molecule has 2 heteroatoms. The van der Waals surface area contributed by atoms with Crippen LogP contribution in [-0.2, 0) is 9.53 Å². The van der Waals surface area contributed by atoms with E-state index >= 15 is 0 Å². The highest BCUT2D eigenvalue weighted by Gasteiger charge is 2.22. The van der Waals surface area contributed by atoms with E-state index in [2.05, 4.69) is 12.3 Å². The van der Waals surface area contributed by atoms with E-state index in [0.717, 1.165) is 0 Å². The van der Waals surface area contributed by atoms with Crippen LogP contribution >= 0.6 is 0 Å². The fourth-order valence-electron chi connectivity index (χ4n) is 0.529. The van der Waals surface area contributed by atoms with Gasteiger partial charge in [0, 0.05) is 6.42 Å². The van der Waals surface area contributed by atoms with Gasteiger partial charge in [-0.1, -0.05) is 6.58 Å². The minimum atomic E-state index is -0.405. The highest BCUT2D eigenvalue weighted by atomic mass is 16.5. The van der Waals surface area contributed by atoms with E-state index in [0.29, 0.717) is 13.0 Å². The maximum absolute atomic E-state index is 11.2. The van der Waals surface area contributed by atoms with Gasteiger partial charge in [-0.25, -0.2) is 0 Å². The minimum Gasteiger partial charge on any atom is -0.465 e. The minimum absolute atomic E-state index is 0.167. The van der Waals surface area contributed by atoms with E-state index in [9.17, 15) is 4.79 Å². The highest BCUT2D eigenvalue weighted by Crippen LogP contribution is 2.14. The first-order valence-corrected chi connectivity index (χ1v) is 4.00. The van der Waals surface area contributed by atoms with Crippen LogP contribution in [0.25, 0.3) is 0 Å². The summed E-state index contributed by atoms with van der Waals surface area (Å²) in [6, 6.07) is 0. The Morgan fingerprint density at radius 3 is 2.58 bits per heavy atom. The first kappa shape index (κ1) is 11.0. The van der Waals surface area contributed by atoms with Crippen LogP contribution in [0.5, 0.6) is 0 Å². The molecular weight excluding hydrogens is 152 g/mol. The van der Waals surface area contributed by atoms with Crippen LogP contribution in [0.2, 0.25) is 0 Å². The zero-order valence-electron chi connectivity index (χ0n) is 8.02. The van der Waals surface area contributed by atoms with Gasteiger partial charge >= 0.3 is 5.97 Å². The van der Waals surface area contributed by atoms with Gasteiger partial charge in [0.1, 0.15) is 0 Å². The van der Waals surface area contributed by atoms with Crippen molar-refractivity contribution in [2.75, 3.05) is 6.61 Å². The quantitative estimate of drug-likeness (QED) is 0.367. The predicted octanol–water partition coefficient (Wildman–Crippen LogP) is 2.31.